The summed E-state index contributed by atoms with van der Waals surface area (Å²) in [7, 11) is 0. The number of pyridine rings is 1. The second-order valence-electron chi connectivity index (χ2n) is 8.42. The van der Waals surface area contributed by atoms with Gasteiger partial charge in [0.05, 0.1) is 13.2 Å². The molecule has 0 radical (unpaired) electrons. The second-order valence-corrected chi connectivity index (χ2v) is 8.42. The highest BCUT2D eigenvalue weighted by Gasteiger charge is 2.31. The van der Waals surface area contributed by atoms with Gasteiger partial charge in [0.1, 0.15) is 11.8 Å². The predicted molar refractivity (Wildman–Crippen MR) is 126 cm³/mol. The minimum absolute atomic E-state index is 0.114. The average molecular weight is 445 g/mol. The lowest BCUT2D eigenvalue weighted by molar-refractivity contribution is 0.177. The van der Waals surface area contributed by atoms with Crippen LogP contribution in [0.3, 0.4) is 0 Å². The van der Waals surface area contributed by atoms with Gasteiger partial charge in [-0.15, -0.1) is 5.10 Å². The summed E-state index contributed by atoms with van der Waals surface area (Å²) in [5, 5.41) is 13.6. The first-order valence-electron chi connectivity index (χ1n) is 11.6. The zero-order valence-electron chi connectivity index (χ0n) is 18.8. The van der Waals surface area contributed by atoms with Gasteiger partial charge in [0.25, 0.3) is 5.56 Å². The molecule has 0 unspecified atom stereocenters. The summed E-state index contributed by atoms with van der Waals surface area (Å²) in [4.78, 5) is 18.7. The van der Waals surface area contributed by atoms with Crippen molar-refractivity contribution in [2.24, 2.45) is 0 Å². The number of piperidine rings is 1. The van der Waals surface area contributed by atoms with Crippen molar-refractivity contribution in [2.75, 3.05) is 19.7 Å². The van der Waals surface area contributed by atoms with Gasteiger partial charge in [0.2, 0.25) is 0 Å². The Balaban J connectivity index is 1.61. The highest BCUT2D eigenvalue weighted by atomic mass is 16.5. The molecule has 1 aliphatic rings. The molecule has 1 aliphatic heterocycles. The van der Waals surface area contributed by atoms with Gasteiger partial charge in [-0.1, -0.05) is 36.8 Å². The van der Waals surface area contributed by atoms with Crippen molar-refractivity contribution in [3.05, 3.63) is 81.9 Å². The number of rotatable bonds is 7. The molecule has 8 nitrogen and oxygen atoms in total. The smallest absolute Gasteiger partial charge is 0.253 e. The Morgan fingerprint density at radius 2 is 1.88 bits per heavy atom. The van der Waals surface area contributed by atoms with E-state index in [0.717, 1.165) is 48.1 Å². The molecule has 0 saturated carbocycles. The fourth-order valence-corrected chi connectivity index (χ4v) is 4.61. The third-order valence-electron chi connectivity index (χ3n) is 6.19. The summed E-state index contributed by atoms with van der Waals surface area (Å²) < 4.78 is 7.49. The molecule has 1 atom stereocenters. The summed E-state index contributed by atoms with van der Waals surface area (Å²) in [6.45, 7) is 4.90. The number of hydrogen-bond donors (Lipinski definition) is 1. The SMILES string of the molecule is CCOc1ccc2[nH]c(=O)c([C@H](c3nnnn3Cc3ccccc3)N3CCCCC3)cc2c1. The lowest BCUT2D eigenvalue weighted by Gasteiger charge is -2.33. The number of hydrogen-bond acceptors (Lipinski definition) is 6. The summed E-state index contributed by atoms with van der Waals surface area (Å²) in [6.07, 6.45) is 3.39. The number of nitrogens with one attached hydrogen (secondary N) is 1. The largest absolute Gasteiger partial charge is 0.494 e. The molecule has 1 fully saturated rings. The molecule has 2 aromatic carbocycles. The van der Waals surface area contributed by atoms with Gasteiger partial charge in [-0.05, 0) is 73.1 Å². The zero-order valence-corrected chi connectivity index (χ0v) is 18.8. The molecule has 3 heterocycles. The summed E-state index contributed by atoms with van der Waals surface area (Å²) in [5.74, 6) is 1.47. The van der Waals surface area contributed by atoms with E-state index >= 15 is 0 Å². The molecule has 0 amide bonds. The molecule has 0 aliphatic carbocycles. The fraction of sp³-hybridized carbons (Fsp3) is 0.360. The van der Waals surface area contributed by atoms with E-state index in [2.05, 4.69) is 37.5 Å². The molecule has 33 heavy (non-hydrogen) atoms. The van der Waals surface area contributed by atoms with E-state index < -0.39 is 0 Å². The lowest BCUT2D eigenvalue weighted by atomic mass is 10.0. The summed E-state index contributed by atoms with van der Waals surface area (Å²) >= 11 is 0. The molecule has 1 N–H and O–H groups in total. The van der Waals surface area contributed by atoms with E-state index in [4.69, 9.17) is 4.74 Å². The normalized spacial score (nSPS) is 15.5. The lowest BCUT2D eigenvalue weighted by Crippen LogP contribution is -2.38. The maximum Gasteiger partial charge on any atom is 0.253 e. The third kappa shape index (κ3) is 4.52. The summed E-state index contributed by atoms with van der Waals surface area (Å²) in [5.41, 5.74) is 2.43. The van der Waals surface area contributed by atoms with Crippen LogP contribution in [0.4, 0.5) is 0 Å². The van der Waals surface area contributed by atoms with Gasteiger partial charge < -0.3 is 9.72 Å². The van der Waals surface area contributed by atoms with E-state index in [0.29, 0.717) is 24.5 Å². The van der Waals surface area contributed by atoms with Crippen LogP contribution in [-0.2, 0) is 6.54 Å². The van der Waals surface area contributed by atoms with Crippen molar-refractivity contribution < 1.29 is 4.74 Å². The first kappa shape index (κ1) is 21.3. The van der Waals surface area contributed by atoms with Crippen molar-refractivity contribution in [3.8, 4) is 5.75 Å². The van der Waals surface area contributed by atoms with Gasteiger partial charge in [-0.2, -0.15) is 0 Å². The van der Waals surface area contributed by atoms with Crippen LogP contribution in [0.25, 0.3) is 10.9 Å². The number of benzene rings is 2. The van der Waals surface area contributed by atoms with Crippen molar-refractivity contribution in [1.82, 2.24) is 30.1 Å². The predicted octanol–water partition coefficient (Wildman–Crippen LogP) is 3.54. The molecule has 5 rings (SSSR count). The fourth-order valence-electron chi connectivity index (χ4n) is 4.61. The molecule has 8 heteroatoms. The Hall–Kier alpha value is -3.52. The van der Waals surface area contributed by atoms with E-state index in [1.165, 1.54) is 6.42 Å². The van der Waals surface area contributed by atoms with Crippen molar-refractivity contribution in [3.63, 3.8) is 0 Å². The van der Waals surface area contributed by atoms with Crippen LogP contribution < -0.4 is 10.3 Å². The van der Waals surface area contributed by atoms with Gasteiger partial charge in [-0.3, -0.25) is 9.69 Å². The molecular formula is C25H28N6O2. The highest BCUT2D eigenvalue weighted by Crippen LogP contribution is 2.30. The Morgan fingerprint density at radius 1 is 1.06 bits per heavy atom. The molecule has 170 valence electrons. The molecule has 4 aromatic rings. The maximum atomic E-state index is 13.3. The minimum atomic E-state index is -0.326. The maximum absolute atomic E-state index is 13.3. The average Bonchev–Trinajstić information content (AvgIpc) is 3.29. The monoisotopic (exact) mass is 444 g/mol. The third-order valence-corrected chi connectivity index (χ3v) is 6.19. The van der Waals surface area contributed by atoms with Crippen LogP contribution >= 0.6 is 0 Å². The zero-order chi connectivity index (χ0) is 22.6. The van der Waals surface area contributed by atoms with E-state index in [-0.39, 0.29) is 11.6 Å². The number of aromatic nitrogens is 5. The van der Waals surface area contributed by atoms with Crippen LogP contribution in [0.2, 0.25) is 0 Å². The van der Waals surface area contributed by atoms with Gasteiger partial charge in [-0.25, -0.2) is 4.68 Å². The van der Waals surface area contributed by atoms with E-state index in [1.807, 2.05) is 54.1 Å². The van der Waals surface area contributed by atoms with Crippen LogP contribution in [0.15, 0.2) is 59.4 Å². The van der Waals surface area contributed by atoms with Gasteiger partial charge >= 0.3 is 0 Å². The molecular weight excluding hydrogens is 416 g/mol. The molecule has 0 bridgehead atoms. The van der Waals surface area contributed by atoms with Crippen molar-refractivity contribution in [1.29, 1.82) is 0 Å². The quantitative estimate of drug-likeness (QED) is 0.469. The van der Waals surface area contributed by atoms with Gasteiger partial charge in [0, 0.05) is 16.5 Å². The number of aromatic amines is 1. The first-order valence-corrected chi connectivity index (χ1v) is 11.6. The topological polar surface area (TPSA) is 88.9 Å². The highest BCUT2D eigenvalue weighted by molar-refractivity contribution is 5.80. The minimum Gasteiger partial charge on any atom is -0.494 e. The van der Waals surface area contributed by atoms with Crippen LogP contribution in [0.5, 0.6) is 5.75 Å². The number of nitrogens with zero attached hydrogens (tertiary/aromatic N) is 5. The van der Waals surface area contributed by atoms with Crippen LogP contribution in [0, 0.1) is 0 Å². The molecule has 1 saturated heterocycles. The number of fused-ring (bicyclic) bond motifs is 1. The molecule has 2 aromatic heterocycles. The van der Waals surface area contributed by atoms with Crippen LogP contribution in [0.1, 0.15) is 49.2 Å². The van der Waals surface area contributed by atoms with E-state index in [9.17, 15) is 4.79 Å². The standard InChI is InChI=1S/C25H28N6O2/c1-2-33-20-11-12-22-19(15-20)16-21(25(32)26-22)23(30-13-7-4-8-14-30)24-27-28-29-31(24)17-18-9-5-3-6-10-18/h3,5-6,9-12,15-16,23H,2,4,7-8,13-14,17H2,1H3,(H,26,32)/t23-/m1/s1. The first-order chi connectivity index (χ1) is 16.2. The Labute approximate surface area is 192 Å². The van der Waals surface area contributed by atoms with Gasteiger partial charge in [0.15, 0.2) is 5.82 Å². The van der Waals surface area contributed by atoms with Crippen molar-refractivity contribution >= 4 is 10.9 Å². The van der Waals surface area contributed by atoms with Crippen molar-refractivity contribution in [2.45, 2.75) is 38.8 Å². The molecule has 0 spiro atoms. The van der Waals surface area contributed by atoms with E-state index in [1.54, 1.807) is 0 Å². The Morgan fingerprint density at radius 3 is 2.67 bits per heavy atom. The number of likely N-dealkylation sites (tertiary alicyclic amines) is 1. The Kier molecular flexibility index (Phi) is 6.17. The summed E-state index contributed by atoms with van der Waals surface area (Å²) in [6, 6.07) is 17.5. The Bertz CT molecular complexity index is 1280. The number of tetrazole rings is 1. The number of ether oxygens (including phenoxy) is 1. The number of H-pyrrole nitrogens is 1. The second kappa shape index (κ2) is 9.54. The van der Waals surface area contributed by atoms with Crippen LogP contribution in [-0.4, -0.2) is 49.8 Å².